The summed E-state index contributed by atoms with van der Waals surface area (Å²) >= 11 is 32.3. The van der Waals surface area contributed by atoms with Crippen LogP contribution in [0.4, 0.5) is 98.5 Å². The van der Waals surface area contributed by atoms with Crippen molar-refractivity contribution in [2.45, 2.75) is 20.8 Å². The molecule has 0 aliphatic carbocycles. The number of phenols is 2. The van der Waals surface area contributed by atoms with Gasteiger partial charge in [0.1, 0.15) is 29.0 Å². The van der Waals surface area contributed by atoms with Crippen LogP contribution in [0, 0.1) is 38.2 Å². The molecule has 0 bridgehead atoms. The Labute approximate surface area is 837 Å². The van der Waals surface area contributed by atoms with Crippen molar-refractivity contribution in [1.82, 2.24) is 0 Å². The summed E-state index contributed by atoms with van der Waals surface area (Å²) in [6.07, 6.45) is 0. The van der Waals surface area contributed by atoms with Gasteiger partial charge in [0, 0.05) is 118 Å². The highest BCUT2D eigenvalue weighted by Gasteiger charge is 2.31. The zero-order chi connectivity index (χ0) is 94.0. The largest absolute Gasteiger partial charge is 0.508 e. The smallest absolute Gasteiger partial charge is 0.123 e. The molecule has 0 spiro atoms. The molecule has 5 aliphatic heterocycles. The van der Waals surface area contributed by atoms with Gasteiger partial charge in [0.25, 0.3) is 0 Å². The molecule has 15 aromatic rings. The third kappa shape index (κ3) is 26.2. The number of hydrogen-bond acceptors (Lipinski definition) is 17. The van der Waals surface area contributed by atoms with E-state index >= 15 is 0 Å². The van der Waals surface area contributed by atoms with Gasteiger partial charge in [-0.25, -0.2) is 13.2 Å². The molecule has 17 nitrogen and oxygen atoms in total. The van der Waals surface area contributed by atoms with E-state index in [1.54, 1.807) is 48.5 Å². The number of anilines is 15. The summed E-state index contributed by atoms with van der Waals surface area (Å²) in [4.78, 5) is 34.4. The van der Waals surface area contributed by atoms with Crippen molar-refractivity contribution < 1.29 is 23.4 Å². The quantitative estimate of drug-likeness (QED) is 0.102. The lowest BCUT2D eigenvalue weighted by Crippen LogP contribution is -2.55. The first kappa shape index (κ1) is 95.6. The predicted octanol–water partition coefficient (Wildman–Crippen LogP) is 27.7. The highest BCUT2D eigenvalue weighted by molar-refractivity contribution is 9.11. The standard InChI is InChI=1S/C22H21Cl2N3.C22H21F2N3.C22H23N3O2.C21H18Br3N3.C21H18BrClFN3/c2*1-17-2-8-20(9-3-17)25-14-26(21-10-4-18(23)5-11-21)16-27(15-25)22-12-6-19(24)7-13-22;1-17-2-4-18(5-3-17)23-14-24(19-6-10-21(26)11-7-19)16-25(15-23)20-8-12-22(27)13-9-20;2*22-16-1-7-19(8-2-16)25-13-26(20-9-3-17(23)4-10-20)15-27(14-25)21-11-5-18(24)6-12-21/h2*2-13H,14-16H2,1H3;2-13,26-27H,14-16H2,1H3;2*1-12H,13-15H2. The minimum atomic E-state index is -0.249. The molecule has 0 radical (unpaired) electrons. The van der Waals surface area contributed by atoms with E-state index in [2.05, 4.69) is 340 Å². The molecule has 0 atom stereocenters. The number of rotatable bonds is 15. The van der Waals surface area contributed by atoms with Gasteiger partial charge in [-0.15, -0.1) is 0 Å². The van der Waals surface area contributed by atoms with Crippen molar-refractivity contribution in [3.8, 4) is 11.5 Å². The van der Waals surface area contributed by atoms with Crippen LogP contribution in [-0.2, 0) is 0 Å². The van der Waals surface area contributed by atoms with Crippen LogP contribution in [0.25, 0.3) is 0 Å². The van der Waals surface area contributed by atoms with Crippen molar-refractivity contribution in [2.24, 2.45) is 0 Å². The zero-order valence-electron chi connectivity index (χ0n) is 74.6. The topological polar surface area (TPSA) is 89.1 Å². The van der Waals surface area contributed by atoms with E-state index in [0.717, 1.165) is 169 Å². The molecule has 5 aliphatic rings. The number of hydrogen-bond donors (Lipinski definition) is 2. The fourth-order valence-electron chi connectivity index (χ4n) is 16.3. The van der Waals surface area contributed by atoms with E-state index < -0.39 is 0 Å². The van der Waals surface area contributed by atoms with E-state index in [1.165, 1.54) is 75.8 Å². The van der Waals surface area contributed by atoms with Crippen molar-refractivity contribution in [2.75, 3.05) is 174 Å². The average molecular weight is 2120 g/mol. The van der Waals surface area contributed by atoms with Crippen molar-refractivity contribution in [3.63, 3.8) is 0 Å². The first-order chi connectivity index (χ1) is 65.4. The molecule has 5 saturated heterocycles. The van der Waals surface area contributed by atoms with Gasteiger partial charge in [-0.3, -0.25) is 0 Å². The van der Waals surface area contributed by atoms with Crippen molar-refractivity contribution in [3.05, 3.63) is 431 Å². The van der Waals surface area contributed by atoms with Gasteiger partial charge in [0.15, 0.2) is 0 Å². The first-order valence-electron chi connectivity index (χ1n) is 44.0. The Morgan fingerprint density at radius 3 is 0.407 bits per heavy atom. The summed E-state index contributed by atoms with van der Waals surface area (Å²) in [5.41, 5.74) is 20.3. The number of phenolic OH excluding ortho intramolecular Hbond substituents is 2. The molecular formula is C108H101Br4Cl3F3N15O2. The number of nitrogens with zero attached hydrogens (tertiary/aromatic N) is 15. The second-order valence-electron chi connectivity index (χ2n) is 33.5. The van der Waals surface area contributed by atoms with E-state index in [9.17, 15) is 23.4 Å². The minimum absolute atomic E-state index is 0.227. The monoisotopic (exact) mass is 2120 g/mol. The number of aromatic hydroxyl groups is 2. The van der Waals surface area contributed by atoms with E-state index in [-0.39, 0.29) is 29.0 Å². The van der Waals surface area contributed by atoms with Crippen LogP contribution in [0.2, 0.25) is 15.1 Å². The van der Waals surface area contributed by atoms with Gasteiger partial charge in [-0.1, -0.05) is 152 Å². The summed E-state index contributed by atoms with van der Waals surface area (Å²) in [6, 6.07) is 118. The number of aryl methyl sites for hydroxylation is 3. The van der Waals surface area contributed by atoms with Crippen LogP contribution in [0.15, 0.2) is 382 Å². The Balaban J connectivity index is 0.000000123. The first-order valence-corrected chi connectivity index (χ1v) is 48.3. The highest BCUT2D eigenvalue weighted by atomic mass is 79.9. The molecule has 27 heteroatoms. The second kappa shape index (κ2) is 45.2. The molecule has 5 fully saturated rings. The molecule has 690 valence electrons. The van der Waals surface area contributed by atoms with Gasteiger partial charge >= 0.3 is 0 Å². The normalized spacial score (nSPS) is 14.5. The predicted molar refractivity (Wildman–Crippen MR) is 570 cm³/mol. The fraction of sp³-hybridized carbons (Fsp3) is 0.167. The summed E-state index contributed by atoms with van der Waals surface area (Å²) in [7, 11) is 0. The van der Waals surface area contributed by atoms with E-state index in [4.69, 9.17) is 34.8 Å². The molecule has 5 heterocycles. The Morgan fingerprint density at radius 1 is 0.170 bits per heavy atom. The lowest BCUT2D eigenvalue weighted by Gasteiger charge is -2.45. The SMILES string of the molecule is Brc1ccc(N2CN(c3ccc(Br)cc3)CN(c3ccc(Br)cc3)C2)cc1.Cc1ccc(N2CN(c3ccc(Cl)cc3)CN(c3ccc(Cl)cc3)C2)cc1.Cc1ccc(N2CN(c3ccc(F)cc3)CN(c3ccc(F)cc3)C2)cc1.Cc1ccc(N2CN(c3ccc(O)cc3)CN(c3ccc(O)cc3)C2)cc1.Fc1ccc(N2CN(c3ccc(Cl)cc3)CN(c3ccc(Br)cc3)C2)cc1. The number of benzene rings is 15. The Bertz CT molecular complexity index is 4750. The maximum absolute atomic E-state index is 13.4. The fourth-order valence-corrected chi connectivity index (χ4v) is 17.8. The van der Waals surface area contributed by atoms with Gasteiger partial charge in [-0.2, -0.15) is 0 Å². The van der Waals surface area contributed by atoms with Crippen molar-refractivity contribution >= 4 is 184 Å². The van der Waals surface area contributed by atoms with Gasteiger partial charge < -0.3 is 83.7 Å². The lowest BCUT2D eigenvalue weighted by atomic mass is 10.2. The summed E-state index contributed by atoms with van der Waals surface area (Å²) < 4.78 is 44.4. The Kier molecular flexibility index (Phi) is 32.0. The van der Waals surface area contributed by atoms with Crippen molar-refractivity contribution in [1.29, 1.82) is 0 Å². The van der Waals surface area contributed by atoms with Crippen LogP contribution in [-0.4, -0.2) is 110 Å². The van der Waals surface area contributed by atoms with E-state index in [0.29, 0.717) is 26.7 Å². The third-order valence-corrected chi connectivity index (χ3v) is 26.5. The Morgan fingerprint density at radius 2 is 0.274 bits per heavy atom. The highest BCUT2D eigenvalue weighted by Crippen LogP contribution is 2.37. The number of halogens is 10. The van der Waals surface area contributed by atoms with E-state index in [1.807, 2.05) is 97.1 Å². The average Bonchev–Trinajstić information content (AvgIpc) is 0.816. The van der Waals surface area contributed by atoms with Gasteiger partial charge in [0.2, 0.25) is 0 Å². The maximum Gasteiger partial charge on any atom is 0.123 e. The van der Waals surface area contributed by atoms with Crippen LogP contribution >= 0.6 is 98.5 Å². The maximum atomic E-state index is 13.4. The molecule has 0 aromatic heterocycles. The van der Waals surface area contributed by atoms with Gasteiger partial charge in [-0.05, 0) is 348 Å². The molecule has 15 aromatic carbocycles. The lowest BCUT2D eigenvalue weighted by molar-refractivity contribution is 0.475. The van der Waals surface area contributed by atoms with Crippen LogP contribution < -0.4 is 73.5 Å². The minimum Gasteiger partial charge on any atom is -0.508 e. The second-order valence-corrected chi connectivity index (χ2v) is 38.5. The molecular weight excluding hydrogens is 2020 g/mol. The molecule has 2 N–H and O–H groups in total. The summed E-state index contributed by atoms with van der Waals surface area (Å²) in [5, 5.41) is 21.4. The summed E-state index contributed by atoms with van der Waals surface area (Å²) in [6.45, 7) is 17.6. The van der Waals surface area contributed by atoms with Gasteiger partial charge in [0.05, 0.1) is 100 Å². The molecule has 0 saturated carbocycles. The third-order valence-electron chi connectivity index (χ3n) is 23.7. The Hall–Kier alpha value is -12.5. The molecule has 20 rings (SSSR count). The molecule has 0 unspecified atom stereocenters. The van der Waals surface area contributed by atoms with Crippen LogP contribution in [0.5, 0.6) is 11.5 Å². The zero-order valence-corrected chi connectivity index (χ0v) is 83.2. The van der Waals surface area contributed by atoms with Crippen LogP contribution in [0.1, 0.15) is 16.7 Å². The molecule has 0 amide bonds. The summed E-state index contributed by atoms with van der Waals surface area (Å²) in [5.74, 6) is -0.193. The van der Waals surface area contributed by atoms with Crippen LogP contribution in [0.3, 0.4) is 0 Å². The molecule has 135 heavy (non-hydrogen) atoms.